The summed E-state index contributed by atoms with van der Waals surface area (Å²) in [5, 5.41) is 0. The Balaban J connectivity index is 2.16. The molecule has 0 aliphatic heterocycles. The second kappa shape index (κ2) is 7.63. The van der Waals surface area contributed by atoms with Crippen LogP contribution >= 0.6 is 7.60 Å². The molecule has 0 unspecified atom stereocenters. The number of benzene rings is 1. The summed E-state index contributed by atoms with van der Waals surface area (Å²) in [4.78, 5) is 4.28. The van der Waals surface area contributed by atoms with E-state index in [1.807, 2.05) is 12.1 Å². The van der Waals surface area contributed by atoms with Crippen molar-refractivity contribution in [1.29, 1.82) is 0 Å². The molecule has 1 aromatic carbocycles. The zero-order valence-corrected chi connectivity index (χ0v) is 13.6. The topological polar surface area (TPSA) is 48.4 Å². The number of aromatic nitrogens is 1. The van der Waals surface area contributed by atoms with Gasteiger partial charge < -0.3 is 9.05 Å². The lowest BCUT2D eigenvalue weighted by Gasteiger charge is -2.16. The van der Waals surface area contributed by atoms with Crippen LogP contribution in [0.5, 0.6) is 0 Å². The van der Waals surface area contributed by atoms with Crippen molar-refractivity contribution in [3.63, 3.8) is 0 Å². The van der Waals surface area contributed by atoms with Crippen molar-refractivity contribution in [2.24, 2.45) is 0 Å². The summed E-state index contributed by atoms with van der Waals surface area (Å²) < 4.78 is 36.2. The maximum absolute atomic E-state index is 13.2. The van der Waals surface area contributed by atoms with Crippen LogP contribution in [0.3, 0.4) is 0 Å². The van der Waals surface area contributed by atoms with E-state index >= 15 is 0 Å². The van der Waals surface area contributed by atoms with Gasteiger partial charge in [0.15, 0.2) is 0 Å². The molecule has 1 heterocycles. The first-order valence-corrected chi connectivity index (χ1v) is 8.88. The lowest BCUT2D eigenvalue weighted by Crippen LogP contribution is -2.00. The Morgan fingerprint density at radius 2 is 1.82 bits per heavy atom. The van der Waals surface area contributed by atoms with Crippen LogP contribution in [0.4, 0.5) is 4.39 Å². The molecule has 0 N–H and O–H groups in total. The van der Waals surface area contributed by atoms with Crippen LogP contribution < -0.4 is 0 Å². The van der Waals surface area contributed by atoms with Gasteiger partial charge >= 0.3 is 7.60 Å². The van der Waals surface area contributed by atoms with Gasteiger partial charge in [-0.1, -0.05) is 18.2 Å². The third-order valence-corrected chi connectivity index (χ3v) is 5.00. The minimum absolute atomic E-state index is 0.123. The molecular weight excluding hydrogens is 304 g/mol. The molecule has 0 radical (unpaired) electrons. The van der Waals surface area contributed by atoms with Crippen molar-refractivity contribution in [2.45, 2.75) is 20.0 Å². The first-order chi connectivity index (χ1) is 10.6. The van der Waals surface area contributed by atoms with Gasteiger partial charge in [-0.2, -0.15) is 0 Å². The van der Waals surface area contributed by atoms with Crippen molar-refractivity contribution < 1.29 is 18.0 Å². The molecule has 0 fully saturated rings. The highest BCUT2D eigenvalue weighted by molar-refractivity contribution is 7.53. The lowest BCUT2D eigenvalue weighted by molar-refractivity contribution is 0.219. The van der Waals surface area contributed by atoms with E-state index in [4.69, 9.17) is 9.05 Å². The van der Waals surface area contributed by atoms with E-state index < -0.39 is 7.60 Å². The Bertz CT molecular complexity index is 651. The summed E-state index contributed by atoms with van der Waals surface area (Å²) >= 11 is 0. The van der Waals surface area contributed by atoms with E-state index in [9.17, 15) is 8.96 Å². The molecule has 4 nitrogen and oxygen atoms in total. The Kier molecular flexibility index (Phi) is 5.83. The number of rotatable bonds is 7. The first kappa shape index (κ1) is 16.8. The summed E-state index contributed by atoms with van der Waals surface area (Å²) in [6.07, 6.45) is 1.75. The van der Waals surface area contributed by atoms with Crippen molar-refractivity contribution in [3.8, 4) is 11.1 Å². The van der Waals surface area contributed by atoms with E-state index in [0.717, 1.165) is 11.1 Å². The van der Waals surface area contributed by atoms with Crippen LogP contribution in [0.1, 0.15) is 19.5 Å². The van der Waals surface area contributed by atoms with Crippen molar-refractivity contribution >= 4 is 7.60 Å². The van der Waals surface area contributed by atoms with Crippen molar-refractivity contribution in [1.82, 2.24) is 4.98 Å². The van der Waals surface area contributed by atoms with Gasteiger partial charge in [-0.3, -0.25) is 9.55 Å². The average Bonchev–Trinajstić information content (AvgIpc) is 2.48. The highest BCUT2D eigenvalue weighted by atomic mass is 31.2. The minimum Gasteiger partial charge on any atom is -0.309 e. The van der Waals surface area contributed by atoms with E-state index in [1.165, 1.54) is 12.1 Å². The van der Waals surface area contributed by atoms with Gasteiger partial charge in [-0.25, -0.2) is 4.39 Å². The number of hydrogen-bond donors (Lipinski definition) is 0. The van der Waals surface area contributed by atoms with Crippen LogP contribution in [0, 0.1) is 5.82 Å². The quantitative estimate of drug-likeness (QED) is 0.696. The minimum atomic E-state index is -3.16. The second-order valence-electron chi connectivity index (χ2n) is 4.65. The molecule has 1 aromatic heterocycles. The first-order valence-electron chi connectivity index (χ1n) is 7.15. The molecule has 22 heavy (non-hydrogen) atoms. The van der Waals surface area contributed by atoms with E-state index in [1.54, 1.807) is 32.2 Å². The summed E-state index contributed by atoms with van der Waals surface area (Å²) in [5.74, 6) is -0.293. The Morgan fingerprint density at radius 1 is 1.09 bits per heavy atom. The van der Waals surface area contributed by atoms with Crippen LogP contribution in [0.25, 0.3) is 11.1 Å². The summed E-state index contributed by atoms with van der Waals surface area (Å²) in [7, 11) is -3.16. The summed E-state index contributed by atoms with van der Waals surface area (Å²) in [5.41, 5.74) is 2.16. The predicted octanol–water partition coefficient (Wildman–Crippen LogP) is 4.65. The number of hydrogen-bond acceptors (Lipinski definition) is 4. The number of nitrogens with zero attached hydrogens (tertiary/aromatic N) is 1. The molecule has 0 saturated heterocycles. The monoisotopic (exact) mass is 323 g/mol. The smallest absolute Gasteiger partial charge is 0.309 e. The fourth-order valence-electron chi connectivity index (χ4n) is 2.08. The predicted molar refractivity (Wildman–Crippen MR) is 84.2 cm³/mol. The molecule has 118 valence electrons. The molecular formula is C16H19FNO3P. The van der Waals surface area contributed by atoms with Crippen LogP contribution in [0.2, 0.25) is 0 Å². The molecule has 0 amide bonds. The lowest BCUT2D eigenvalue weighted by atomic mass is 10.1. The largest absolute Gasteiger partial charge is 0.336 e. The fourth-order valence-corrected chi connectivity index (χ4v) is 3.70. The Hall–Kier alpha value is -1.55. The van der Waals surface area contributed by atoms with Gasteiger partial charge in [-0.15, -0.1) is 0 Å². The molecule has 6 heteroatoms. The van der Waals surface area contributed by atoms with Gasteiger partial charge in [0.25, 0.3) is 0 Å². The molecule has 0 spiro atoms. The van der Waals surface area contributed by atoms with Crippen molar-refractivity contribution in [3.05, 3.63) is 54.1 Å². The molecule has 2 aromatic rings. The van der Waals surface area contributed by atoms with Gasteiger partial charge in [0.05, 0.1) is 25.1 Å². The van der Waals surface area contributed by atoms with E-state index in [2.05, 4.69) is 4.98 Å². The third-order valence-electron chi connectivity index (χ3n) is 2.99. The molecule has 0 aliphatic rings. The maximum Gasteiger partial charge on any atom is 0.336 e. The van der Waals surface area contributed by atoms with Gasteiger partial charge in [0, 0.05) is 11.8 Å². The molecule has 0 atom stereocenters. The van der Waals surface area contributed by atoms with Gasteiger partial charge in [0.2, 0.25) is 0 Å². The maximum atomic E-state index is 13.2. The average molecular weight is 323 g/mol. The van der Waals surface area contributed by atoms with Crippen molar-refractivity contribution in [2.75, 3.05) is 13.2 Å². The normalized spacial score (nSPS) is 11.6. The highest BCUT2D eigenvalue weighted by Gasteiger charge is 2.24. The highest BCUT2D eigenvalue weighted by Crippen LogP contribution is 2.50. The molecule has 0 aliphatic carbocycles. The number of pyridine rings is 1. The van der Waals surface area contributed by atoms with Crippen LogP contribution in [-0.2, 0) is 19.8 Å². The molecule has 2 rings (SSSR count). The zero-order chi connectivity index (χ0) is 16.0. The van der Waals surface area contributed by atoms with E-state index in [0.29, 0.717) is 18.9 Å². The van der Waals surface area contributed by atoms with Crippen LogP contribution in [-0.4, -0.2) is 18.2 Å². The Morgan fingerprint density at radius 3 is 2.36 bits per heavy atom. The Labute approximate surface area is 129 Å². The third kappa shape index (κ3) is 4.47. The fraction of sp³-hybridized carbons (Fsp3) is 0.312. The SMILES string of the molecule is CCOP(=O)(Cc1ccc(-c2cccc(F)c2)cn1)OCC. The summed E-state index contributed by atoms with van der Waals surface area (Å²) in [6.45, 7) is 4.18. The van der Waals surface area contributed by atoms with Crippen LogP contribution in [0.15, 0.2) is 42.6 Å². The van der Waals surface area contributed by atoms with Gasteiger partial charge in [-0.05, 0) is 37.6 Å². The van der Waals surface area contributed by atoms with E-state index in [-0.39, 0.29) is 12.0 Å². The number of halogens is 1. The molecule has 0 saturated carbocycles. The zero-order valence-electron chi connectivity index (χ0n) is 12.7. The van der Waals surface area contributed by atoms with Gasteiger partial charge in [0.1, 0.15) is 5.82 Å². The molecule has 0 bridgehead atoms. The standard InChI is InChI=1S/C16H19FNO3P/c1-3-20-22(19,21-4-2)12-16-9-8-14(11-18-16)13-6-5-7-15(17)10-13/h5-11H,3-4,12H2,1-2H3. The second-order valence-corrected chi connectivity index (χ2v) is 6.71. The summed E-state index contributed by atoms with van der Waals surface area (Å²) in [6, 6.07) is 9.87.